The SMILES string of the molecule is C=CC(O)c1ccc(Br)c(C)c1. The van der Waals surface area contributed by atoms with E-state index in [1.54, 1.807) is 0 Å². The molecule has 0 heterocycles. The summed E-state index contributed by atoms with van der Waals surface area (Å²) < 4.78 is 1.06. The number of benzene rings is 1. The fourth-order valence-corrected chi connectivity index (χ4v) is 1.23. The maximum absolute atomic E-state index is 9.41. The Hall–Kier alpha value is -0.600. The molecule has 0 aliphatic rings. The van der Waals surface area contributed by atoms with E-state index in [-0.39, 0.29) is 0 Å². The van der Waals surface area contributed by atoms with Crippen LogP contribution in [-0.4, -0.2) is 5.11 Å². The normalized spacial score (nSPS) is 12.6. The van der Waals surface area contributed by atoms with Crippen LogP contribution in [0.3, 0.4) is 0 Å². The van der Waals surface area contributed by atoms with Gasteiger partial charge in [-0.3, -0.25) is 0 Å². The first kappa shape index (κ1) is 9.49. The fourth-order valence-electron chi connectivity index (χ4n) is 0.988. The zero-order valence-corrected chi connectivity index (χ0v) is 8.51. The van der Waals surface area contributed by atoms with Crippen LogP contribution in [0, 0.1) is 6.92 Å². The third-order valence-corrected chi connectivity index (χ3v) is 2.64. The number of hydrogen-bond donors (Lipinski definition) is 1. The second-order valence-electron chi connectivity index (χ2n) is 2.69. The summed E-state index contributed by atoms with van der Waals surface area (Å²) in [6, 6.07) is 5.75. The van der Waals surface area contributed by atoms with Crippen LogP contribution in [0.5, 0.6) is 0 Å². The minimum atomic E-state index is -0.559. The standard InChI is InChI=1S/C10H11BrO/c1-3-10(12)8-4-5-9(11)7(2)6-8/h3-6,10,12H,1H2,2H3. The third-order valence-electron chi connectivity index (χ3n) is 1.75. The lowest BCUT2D eigenvalue weighted by Crippen LogP contribution is -1.92. The van der Waals surface area contributed by atoms with Crippen molar-refractivity contribution in [2.45, 2.75) is 13.0 Å². The van der Waals surface area contributed by atoms with Gasteiger partial charge >= 0.3 is 0 Å². The van der Waals surface area contributed by atoms with Crippen LogP contribution < -0.4 is 0 Å². The molecular formula is C10H11BrO. The van der Waals surface area contributed by atoms with Gasteiger partial charge in [-0.15, -0.1) is 6.58 Å². The first-order valence-electron chi connectivity index (χ1n) is 3.72. The van der Waals surface area contributed by atoms with E-state index in [0.717, 1.165) is 15.6 Å². The van der Waals surface area contributed by atoms with Crippen LogP contribution in [0.4, 0.5) is 0 Å². The summed E-state index contributed by atoms with van der Waals surface area (Å²) in [6.07, 6.45) is 0.958. The largest absolute Gasteiger partial charge is 0.384 e. The summed E-state index contributed by atoms with van der Waals surface area (Å²) in [5, 5.41) is 9.41. The Morgan fingerprint density at radius 1 is 1.58 bits per heavy atom. The fraction of sp³-hybridized carbons (Fsp3) is 0.200. The van der Waals surface area contributed by atoms with Crippen molar-refractivity contribution < 1.29 is 5.11 Å². The Morgan fingerprint density at radius 3 is 2.75 bits per heavy atom. The minimum absolute atomic E-state index is 0.559. The Bertz CT molecular complexity index is 294. The van der Waals surface area contributed by atoms with E-state index in [9.17, 15) is 5.11 Å². The van der Waals surface area contributed by atoms with E-state index in [4.69, 9.17) is 0 Å². The molecule has 0 amide bonds. The number of aryl methyl sites for hydroxylation is 1. The molecule has 64 valence electrons. The van der Waals surface area contributed by atoms with Gasteiger partial charge in [-0.05, 0) is 24.1 Å². The second-order valence-corrected chi connectivity index (χ2v) is 3.54. The molecule has 1 N–H and O–H groups in total. The van der Waals surface area contributed by atoms with Gasteiger partial charge in [0.15, 0.2) is 0 Å². The summed E-state index contributed by atoms with van der Waals surface area (Å²) in [6.45, 7) is 5.52. The Labute approximate surface area is 80.9 Å². The molecular weight excluding hydrogens is 216 g/mol. The number of hydrogen-bond acceptors (Lipinski definition) is 1. The lowest BCUT2D eigenvalue weighted by molar-refractivity contribution is 0.229. The molecule has 1 atom stereocenters. The lowest BCUT2D eigenvalue weighted by atomic mass is 10.1. The van der Waals surface area contributed by atoms with E-state index < -0.39 is 6.10 Å². The van der Waals surface area contributed by atoms with Gasteiger partial charge in [0.1, 0.15) is 0 Å². The van der Waals surface area contributed by atoms with Crippen molar-refractivity contribution in [2.75, 3.05) is 0 Å². The molecule has 1 unspecified atom stereocenters. The maximum atomic E-state index is 9.41. The molecule has 0 aromatic heterocycles. The Morgan fingerprint density at radius 2 is 2.25 bits per heavy atom. The highest BCUT2D eigenvalue weighted by atomic mass is 79.9. The molecule has 0 aliphatic carbocycles. The van der Waals surface area contributed by atoms with Crippen molar-refractivity contribution in [3.63, 3.8) is 0 Å². The minimum Gasteiger partial charge on any atom is -0.384 e. The summed E-state index contributed by atoms with van der Waals surface area (Å²) >= 11 is 3.39. The summed E-state index contributed by atoms with van der Waals surface area (Å²) in [7, 11) is 0. The monoisotopic (exact) mass is 226 g/mol. The van der Waals surface area contributed by atoms with Crippen molar-refractivity contribution in [3.05, 3.63) is 46.5 Å². The molecule has 1 rings (SSSR count). The van der Waals surface area contributed by atoms with Gasteiger partial charge in [0.25, 0.3) is 0 Å². The zero-order valence-electron chi connectivity index (χ0n) is 6.92. The molecule has 0 fully saturated rings. The van der Waals surface area contributed by atoms with Gasteiger partial charge in [-0.1, -0.05) is 34.1 Å². The molecule has 1 nitrogen and oxygen atoms in total. The number of rotatable bonds is 2. The Kier molecular flexibility index (Phi) is 3.06. The van der Waals surface area contributed by atoms with Gasteiger partial charge in [0, 0.05) is 4.47 Å². The highest BCUT2D eigenvalue weighted by Crippen LogP contribution is 2.21. The summed E-state index contributed by atoms with van der Waals surface area (Å²) in [5.41, 5.74) is 2.00. The summed E-state index contributed by atoms with van der Waals surface area (Å²) in [4.78, 5) is 0. The Balaban J connectivity index is 3.04. The molecule has 0 bridgehead atoms. The van der Waals surface area contributed by atoms with Crippen LogP contribution in [0.1, 0.15) is 17.2 Å². The van der Waals surface area contributed by atoms with Crippen molar-refractivity contribution >= 4 is 15.9 Å². The average Bonchev–Trinajstić information content (AvgIpc) is 2.08. The van der Waals surface area contributed by atoms with Crippen LogP contribution in [-0.2, 0) is 0 Å². The molecule has 0 radical (unpaired) electrons. The molecule has 0 spiro atoms. The average molecular weight is 227 g/mol. The van der Waals surface area contributed by atoms with Crippen molar-refractivity contribution in [2.24, 2.45) is 0 Å². The summed E-state index contributed by atoms with van der Waals surface area (Å²) in [5.74, 6) is 0. The van der Waals surface area contributed by atoms with E-state index in [2.05, 4.69) is 22.5 Å². The predicted molar refractivity (Wildman–Crippen MR) is 54.0 cm³/mol. The number of aliphatic hydroxyl groups excluding tert-OH is 1. The van der Waals surface area contributed by atoms with Crippen molar-refractivity contribution in [1.29, 1.82) is 0 Å². The first-order valence-corrected chi connectivity index (χ1v) is 4.51. The molecule has 1 aromatic rings. The molecule has 0 saturated heterocycles. The van der Waals surface area contributed by atoms with E-state index >= 15 is 0 Å². The highest BCUT2D eigenvalue weighted by Gasteiger charge is 2.03. The first-order chi connectivity index (χ1) is 5.65. The zero-order chi connectivity index (χ0) is 9.14. The van der Waals surface area contributed by atoms with Crippen molar-refractivity contribution in [3.8, 4) is 0 Å². The molecule has 0 saturated carbocycles. The second kappa shape index (κ2) is 3.87. The van der Waals surface area contributed by atoms with Gasteiger partial charge in [0.05, 0.1) is 6.10 Å². The van der Waals surface area contributed by atoms with Gasteiger partial charge in [-0.25, -0.2) is 0 Å². The lowest BCUT2D eigenvalue weighted by Gasteiger charge is -2.06. The van der Waals surface area contributed by atoms with Crippen molar-refractivity contribution in [1.82, 2.24) is 0 Å². The highest BCUT2D eigenvalue weighted by molar-refractivity contribution is 9.10. The van der Waals surface area contributed by atoms with E-state index in [0.29, 0.717) is 0 Å². The topological polar surface area (TPSA) is 20.2 Å². The maximum Gasteiger partial charge on any atom is 0.0969 e. The van der Waals surface area contributed by atoms with Crippen LogP contribution in [0.2, 0.25) is 0 Å². The predicted octanol–water partition coefficient (Wildman–Crippen LogP) is 2.98. The van der Waals surface area contributed by atoms with E-state index in [1.807, 2.05) is 25.1 Å². The molecule has 1 aromatic carbocycles. The molecule has 2 heteroatoms. The van der Waals surface area contributed by atoms with Crippen LogP contribution >= 0.6 is 15.9 Å². The number of halogens is 1. The third kappa shape index (κ3) is 1.96. The molecule has 12 heavy (non-hydrogen) atoms. The van der Waals surface area contributed by atoms with Crippen LogP contribution in [0.25, 0.3) is 0 Å². The number of aliphatic hydroxyl groups is 1. The van der Waals surface area contributed by atoms with Gasteiger partial charge in [0.2, 0.25) is 0 Å². The quantitative estimate of drug-likeness (QED) is 0.770. The molecule has 0 aliphatic heterocycles. The van der Waals surface area contributed by atoms with Gasteiger partial charge < -0.3 is 5.11 Å². The van der Waals surface area contributed by atoms with E-state index in [1.165, 1.54) is 6.08 Å². The smallest absolute Gasteiger partial charge is 0.0969 e. The van der Waals surface area contributed by atoms with Crippen LogP contribution in [0.15, 0.2) is 35.3 Å². The van der Waals surface area contributed by atoms with Gasteiger partial charge in [-0.2, -0.15) is 0 Å².